The van der Waals surface area contributed by atoms with E-state index in [0.29, 0.717) is 6.54 Å². The Morgan fingerprint density at radius 3 is 2.62 bits per heavy atom. The Hall–Kier alpha value is -2.42. The van der Waals surface area contributed by atoms with Gasteiger partial charge in [0, 0.05) is 39.2 Å². The zero-order valence-corrected chi connectivity index (χ0v) is 17.2. The number of aromatic nitrogens is 3. The van der Waals surface area contributed by atoms with Gasteiger partial charge < -0.3 is 10.2 Å². The van der Waals surface area contributed by atoms with Gasteiger partial charge in [-0.05, 0) is 23.3 Å². The topological polar surface area (TPSA) is 58.3 Å². The maximum absolute atomic E-state index is 4.71. The Bertz CT molecular complexity index is 815. The third-order valence-electron chi connectivity index (χ3n) is 3.71. The Kier molecular flexibility index (Phi) is 7.58. The zero-order valence-electron chi connectivity index (χ0n) is 14.9. The molecule has 1 N–H and O–H groups in total. The Morgan fingerprint density at radius 2 is 1.92 bits per heavy atom. The number of imidazole rings is 1. The summed E-state index contributed by atoms with van der Waals surface area (Å²) in [5.74, 6) is 1.69. The van der Waals surface area contributed by atoms with Gasteiger partial charge in [0.05, 0.1) is 6.54 Å². The van der Waals surface area contributed by atoms with Crippen LogP contribution in [0.15, 0.2) is 72.4 Å². The number of guanidine groups is 1. The molecule has 0 aliphatic rings. The Labute approximate surface area is 171 Å². The van der Waals surface area contributed by atoms with E-state index in [1.165, 1.54) is 5.56 Å². The first-order valence-corrected chi connectivity index (χ1v) is 8.15. The molecule has 2 heterocycles. The number of nitrogens with one attached hydrogen (secondary N) is 1. The van der Waals surface area contributed by atoms with Crippen molar-refractivity contribution in [1.82, 2.24) is 24.8 Å². The molecule has 136 valence electrons. The van der Waals surface area contributed by atoms with Crippen molar-refractivity contribution < 1.29 is 0 Å². The standard InChI is InChI=1S/C19H22N6.HI/c1-24(2)19(22-13-16-6-4-3-5-7-16)23-14-17-8-9-21-18(12-17)25-11-10-20-15-25;/h3-12,15H,13-14H2,1-2H3,(H,22,23);1H. The maximum Gasteiger partial charge on any atom is 0.194 e. The van der Waals surface area contributed by atoms with Gasteiger partial charge in [-0.3, -0.25) is 4.57 Å². The molecule has 0 aliphatic carbocycles. The van der Waals surface area contributed by atoms with Crippen molar-refractivity contribution >= 4 is 29.9 Å². The first-order chi connectivity index (χ1) is 12.2. The van der Waals surface area contributed by atoms with Crippen molar-refractivity contribution in [2.24, 2.45) is 4.99 Å². The van der Waals surface area contributed by atoms with E-state index in [4.69, 9.17) is 4.99 Å². The molecule has 7 heteroatoms. The highest BCUT2D eigenvalue weighted by atomic mass is 127. The van der Waals surface area contributed by atoms with Crippen LogP contribution in [-0.4, -0.2) is 39.5 Å². The molecule has 1 aromatic carbocycles. The monoisotopic (exact) mass is 462 g/mol. The number of rotatable bonds is 5. The van der Waals surface area contributed by atoms with Crippen LogP contribution in [0.25, 0.3) is 5.82 Å². The summed E-state index contributed by atoms with van der Waals surface area (Å²) in [4.78, 5) is 15.1. The van der Waals surface area contributed by atoms with Crippen molar-refractivity contribution in [3.63, 3.8) is 0 Å². The number of hydrogen-bond donors (Lipinski definition) is 1. The smallest absolute Gasteiger partial charge is 0.194 e. The second kappa shape index (κ2) is 9.91. The Morgan fingerprint density at radius 1 is 1.12 bits per heavy atom. The minimum atomic E-state index is 0. The van der Waals surface area contributed by atoms with Gasteiger partial charge in [-0.25, -0.2) is 15.0 Å². The van der Waals surface area contributed by atoms with Crippen LogP contribution in [0.5, 0.6) is 0 Å². The summed E-state index contributed by atoms with van der Waals surface area (Å²) in [7, 11) is 3.97. The predicted molar refractivity (Wildman–Crippen MR) is 115 cm³/mol. The second-order valence-electron chi connectivity index (χ2n) is 5.87. The molecule has 0 aliphatic heterocycles. The first kappa shape index (κ1) is 19.9. The van der Waals surface area contributed by atoms with Gasteiger partial charge in [-0.2, -0.15) is 0 Å². The largest absolute Gasteiger partial charge is 0.352 e. The molecule has 0 radical (unpaired) electrons. The molecule has 3 aromatic rings. The lowest BCUT2D eigenvalue weighted by atomic mass is 10.2. The van der Waals surface area contributed by atoms with Crippen LogP contribution in [0.4, 0.5) is 0 Å². The number of nitrogens with zero attached hydrogens (tertiary/aromatic N) is 5. The first-order valence-electron chi connectivity index (χ1n) is 8.15. The SMILES string of the molecule is CN(C)C(=NCc1ccnc(-n2ccnc2)c1)NCc1ccccc1.I. The quantitative estimate of drug-likeness (QED) is 0.360. The number of hydrogen-bond acceptors (Lipinski definition) is 3. The number of halogens is 1. The van der Waals surface area contributed by atoms with E-state index in [0.717, 1.165) is 23.9 Å². The number of benzene rings is 1. The third kappa shape index (κ3) is 5.55. The fraction of sp³-hybridized carbons (Fsp3) is 0.211. The van der Waals surface area contributed by atoms with Gasteiger partial charge in [0.15, 0.2) is 5.96 Å². The summed E-state index contributed by atoms with van der Waals surface area (Å²) in [6.45, 7) is 1.33. The molecule has 0 spiro atoms. The zero-order chi connectivity index (χ0) is 17.5. The van der Waals surface area contributed by atoms with Crippen molar-refractivity contribution in [1.29, 1.82) is 0 Å². The van der Waals surface area contributed by atoms with E-state index >= 15 is 0 Å². The lowest BCUT2D eigenvalue weighted by Gasteiger charge is -2.18. The van der Waals surface area contributed by atoms with E-state index in [-0.39, 0.29) is 24.0 Å². The summed E-state index contributed by atoms with van der Waals surface area (Å²) < 4.78 is 1.88. The average molecular weight is 462 g/mol. The molecular weight excluding hydrogens is 439 g/mol. The summed E-state index contributed by atoms with van der Waals surface area (Å²) in [6.07, 6.45) is 7.15. The van der Waals surface area contributed by atoms with E-state index < -0.39 is 0 Å². The van der Waals surface area contributed by atoms with E-state index in [9.17, 15) is 0 Å². The highest BCUT2D eigenvalue weighted by Gasteiger charge is 2.03. The average Bonchev–Trinajstić information content (AvgIpc) is 3.17. The van der Waals surface area contributed by atoms with Crippen molar-refractivity contribution in [3.8, 4) is 5.82 Å². The fourth-order valence-corrected chi connectivity index (χ4v) is 2.39. The van der Waals surface area contributed by atoms with Gasteiger partial charge in [0.25, 0.3) is 0 Å². The highest BCUT2D eigenvalue weighted by Crippen LogP contribution is 2.08. The number of aliphatic imine (C=N–C) groups is 1. The molecule has 0 bridgehead atoms. The molecule has 0 saturated heterocycles. The van der Waals surface area contributed by atoms with Gasteiger partial charge in [0.1, 0.15) is 12.1 Å². The summed E-state index contributed by atoms with van der Waals surface area (Å²) in [5, 5.41) is 3.39. The minimum Gasteiger partial charge on any atom is -0.352 e. The molecule has 0 unspecified atom stereocenters. The van der Waals surface area contributed by atoms with Crippen LogP contribution < -0.4 is 5.32 Å². The molecule has 6 nitrogen and oxygen atoms in total. The maximum atomic E-state index is 4.71. The summed E-state index contributed by atoms with van der Waals surface area (Å²) >= 11 is 0. The Balaban J connectivity index is 0.00000243. The van der Waals surface area contributed by atoms with Crippen LogP contribution in [-0.2, 0) is 13.1 Å². The van der Waals surface area contributed by atoms with Crippen LogP contribution >= 0.6 is 24.0 Å². The number of pyridine rings is 1. The molecule has 2 aromatic heterocycles. The molecule has 0 saturated carbocycles. The van der Waals surface area contributed by atoms with Gasteiger partial charge >= 0.3 is 0 Å². The van der Waals surface area contributed by atoms with E-state index in [1.54, 1.807) is 18.7 Å². The molecule has 26 heavy (non-hydrogen) atoms. The predicted octanol–water partition coefficient (Wildman–Crippen LogP) is 3.09. The lowest BCUT2D eigenvalue weighted by molar-refractivity contribution is 0.578. The van der Waals surface area contributed by atoms with Crippen molar-refractivity contribution in [3.05, 3.63) is 78.5 Å². The van der Waals surface area contributed by atoms with Crippen LogP contribution in [0.3, 0.4) is 0 Å². The third-order valence-corrected chi connectivity index (χ3v) is 3.71. The van der Waals surface area contributed by atoms with Crippen molar-refractivity contribution in [2.75, 3.05) is 14.1 Å². The molecule has 0 atom stereocenters. The second-order valence-corrected chi connectivity index (χ2v) is 5.87. The molecule has 0 amide bonds. The van der Waals surface area contributed by atoms with Crippen LogP contribution in [0.2, 0.25) is 0 Å². The van der Waals surface area contributed by atoms with Crippen LogP contribution in [0.1, 0.15) is 11.1 Å². The molecule has 3 rings (SSSR count). The fourth-order valence-electron chi connectivity index (χ4n) is 2.39. The molecular formula is C19H23IN6. The highest BCUT2D eigenvalue weighted by molar-refractivity contribution is 14.0. The van der Waals surface area contributed by atoms with Crippen molar-refractivity contribution in [2.45, 2.75) is 13.1 Å². The van der Waals surface area contributed by atoms with E-state index in [2.05, 4.69) is 27.4 Å². The summed E-state index contributed by atoms with van der Waals surface area (Å²) in [5.41, 5.74) is 2.32. The minimum absolute atomic E-state index is 0. The van der Waals surface area contributed by atoms with Gasteiger partial charge in [-0.15, -0.1) is 24.0 Å². The molecule has 0 fully saturated rings. The normalized spacial score (nSPS) is 10.9. The summed E-state index contributed by atoms with van der Waals surface area (Å²) in [6, 6.07) is 14.3. The van der Waals surface area contributed by atoms with E-state index in [1.807, 2.05) is 60.1 Å². The lowest BCUT2D eigenvalue weighted by Crippen LogP contribution is -2.36. The van der Waals surface area contributed by atoms with Gasteiger partial charge in [0.2, 0.25) is 0 Å². The van der Waals surface area contributed by atoms with Gasteiger partial charge in [-0.1, -0.05) is 30.3 Å². The van der Waals surface area contributed by atoms with Crippen LogP contribution in [0, 0.1) is 0 Å².